The van der Waals surface area contributed by atoms with Gasteiger partial charge in [0, 0.05) is 12.3 Å². The molecular weight excluding hydrogens is 246 g/mol. The first-order valence-corrected chi connectivity index (χ1v) is 7.04. The van der Waals surface area contributed by atoms with E-state index in [1.54, 1.807) is 11.8 Å². The molecule has 6 heteroatoms. The number of rotatable bonds is 5. The molecule has 0 unspecified atom stereocenters. The van der Waals surface area contributed by atoms with E-state index in [1.165, 1.54) is 18.4 Å². The minimum absolute atomic E-state index is 0.526. The smallest absolute Gasteiger partial charge is 0.209 e. The molecule has 1 aliphatic rings. The van der Waals surface area contributed by atoms with Gasteiger partial charge in [0.05, 0.1) is 6.04 Å². The van der Waals surface area contributed by atoms with Gasteiger partial charge in [-0.15, -0.1) is 5.10 Å². The Balaban J connectivity index is 1.67. The summed E-state index contributed by atoms with van der Waals surface area (Å²) >= 11 is 1.68. The van der Waals surface area contributed by atoms with E-state index in [9.17, 15) is 0 Å². The normalized spacial score (nSPS) is 14.9. The van der Waals surface area contributed by atoms with Crippen LogP contribution in [-0.4, -0.2) is 20.2 Å². The molecule has 3 rings (SSSR count). The van der Waals surface area contributed by atoms with Crippen LogP contribution >= 0.6 is 11.8 Å². The predicted molar refractivity (Wildman–Crippen MR) is 70.0 cm³/mol. The molecule has 18 heavy (non-hydrogen) atoms. The van der Waals surface area contributed by atoms with Crippen molar-refractivity contribution in [3.05, 3.63) is 35.4 Å². The lowest BCUT2D eigenvalue weighted by Crippen LogP contribution is -1.99. The van der Waals surface area contributed by atoms with Crippen LogP contribution in [0.1, 0.15) is 30.0 Å². The summed E-state index contributed by atoms with van der Waals surface area (Å²) in [5, 5.41) is 12.8. The quantitative estimate of drug-likeness (QED) is 0.830. The van der Waals surface area contributed by atoms with Gasteiger partial charge in [-0.1, -0.05) is 36.0 Å². The molecule has 1 heterocycles. The minimum Gasteiger partial charge on any atom is -0.326 e. The summed E-state index contributed by atoms with van der Waals surface area (Å²) in [5.41, 5.74) is 8.06. The topological polar surface area (TPSA) is 69.6 Å². The maximum atomic E-state index is 5.64. The number of hydrogen-bond acceptors (Lipinski definition) is 5. The van der Waals surface area contributed by atoms with Crippen LogP contribution in [0.15, 0.2) is 29.4 Å². The van der Waals surface area contributed by atoms with E-state index in [2.05, 4.69) is 27.7 Å². The molecular formula is C12H15N5S. The van der Waals surface area contributed by atoms with Gasteiger partial charge in [-0.05, 0) is 34.4 Å². The van der Waals surface area contributed by atoms with Crippen molar-refractivity contribution in [3.63, 3.8) is 0 Å². The molecule has 1 aliphatic carbocycles. The van der Waals surface area contributed by atoms with Crippen LogP contribution in [0.5, 0.6) is 0 Å². The summed E-state index contributed by atoms with van der Waals surface area (Å²) < 4.78 is 1.94. The van der Waals surface area contributed by atoms with Gasteiger partial charge in [-0.25, -0.2) is 4.68 Å². The monoisotopic (exact) mass is 261 g/mol. The molecule has 0 spiro atoms. The highest BCUT2D eigenvalue weighted by Crippen LogP contribution is 2.36. The van der Waals surface area contributed by atoms with Crippen LogP contribution in [0.2, 0.25) is 0 Å². The molecule has 1 saturated carbocycles. The fraction of sp³-hybridized carbons (Fsp3) is 0.417. The number of nitrogens with zero attached hydrogens (tertiary/aromatic N) is 4. The molecule has 2 N–H and O–H groups in total. The summed E-state index contributed by atoms with van der Waals surface area (Å²) in [6.45, 7) is 0.582. The number of nitrogens with two attached hydrogens (primary N) is 1. The van der Waals surface area contributed by atoms with Crippen LogP contribution < -0.4 is 5.73 Å². The van der Waals surface area contributed by atoms with Gasteiger partial charge in [0.1, 0.15) is 0 Å². The standard InChI is InChI=1S/C12H15N5S/c13-7-9-2-1-3-10(6-9)8-18-12-14-15-16-17(12)11-4-5-11/h1-3,6,11H,4-5,7-8,13H2. The second-order valence-corrected chi connectivity index (χ2v) is 5.39. The van der Waals surface area contributed by atoms with Gasteiger partial charge >= 0.3 is 0 Å². The van der Waals surface area contributed by atoms with Gasteiger partial charge in [-0.3, -0.25) is 0 Å². The van der Waals surface area contributed by atoms with Crippen molar-refractivity contribution >= 4 is 11.8 Å². The number of benzene rings is 1. The highest BCUT2D eigenvalue weighted by molar-refractivity contribution is 7.98. The molecule has 0 saturated heterocycles. The molecule has 0 atom stereocenters. The molecule has 5 nitrogen and oxygen atoms in total. The number of tetrazole rings is 1. The van der Waals surface area contributed by atoms with Crippen LogP contribution in [0.4, 0.5) is 0 Å². The van der Waals surface area contributed by atoms with Gasteiger partial charge in [0.2, 0.25) is 5.16 Å². The molecule has 0 bridgehead atoms. The van der Waals surface area contributed by atoms with Crippen LogP contribution in [0.25, 0.3) is 0 Å². The van der Waals surface area contributed by atoms with Gasteiger partial charge in [-0.2, -0.15) is 0 Å². The molecule has 1 aromatic carbocycles. The van der Waals surface area contributed by atoms with Crippen molar-refractivity contribution < 1.29 is 0 Å². The first-order valence-electron chi connectivity index (χ1n) is 6.05. The average Bonchev–Trinajstić information content (AvgIpc) is 3.15. The lowest BCUT2D eigenvalue weighted by molar-refractivity contribution is 0.565. The lowest BCUT2D eigenvalue weighted by atomic mass is 10.1. The summed E-state index contributed by atoms with van der Waals surface area (Å²) in [6, 6.07) is 8.86. The van der Waals surface area contributed by atoms with Gasteiger partial charge in [0.15, 0.2) is 0 Å². The Morgan fingerprint density at radius 3 is 2.94 bits per heavy atom. The first kappa shape index (κ1) is 11.7. The molecule has 94 valence electrons. The maximum Gasteiger partial charge on any atom is 0.209 e. The fourth-order valence-electron chi connectivity index (χ4n) is 1.82. The van der Waals surface area contributed by atoms with Crippen molar-refractivity contribution in [2.45, 2.75) is 36.3 Å². The first-order chi connectivity index (χ1) is 8.86. The Morgan fingerprint density at radius 2 is 2.17 bits per heavy atom. The zero-order valence-electron chi connectivity index (χ0n) is 9.99. The Hall–Kier alpha value is -1.40. The van der Waals surface area contributed by atoms with Gasteiger partial charge in [0.25, 0.3) is 0 Å². The fourth-order valence-corrected chi connectivity index (χ4v) is 2.71. The number of aromatic nitrogens is 4. The molecule has 0 aliphatic heterocycles. The van der Waals surface area contributed by atoms with E-state index in [0.29, 0.717) is 12.6 Å². The second kappa shape index (κ2) is 5.07. The Bertz CT molecular complexity index is 535. The molecule has 1 fully saturated rings. The van der Waals surface area contributed by atoms with E-state index < -0.39 is 0 Å². The molecule has 1 aromatic heterocycles. The highest BCUT2D eigenvalue weighted by atomic mass is 32.2. The number of thioether (sulfide) groups is 1. The highest BCUT2D eigenvalue weighted by Gasteiger charge is 2.27. The van der Waals surface area contributed by atoms with Crippen molar-refractivity contribution in [1.82, 2.24) is 20.2 Å². The lowest BCUT2D eigenvalue weighted by Gasteiger charge is -2.04. The minimum atomic E-state index is 0.526. The zero-order valence-corrected chi connectivity index (χ0v) is 10.8. The third-order valence-corrected chi connectivity index (χ3v) is 3.95. The Kier molecular flexibility index (Phi) is 3.29. The molecule has 2 aromatic rings. The van der Waals surface area contributed by atoms with Crippen molar-refractivity contribution in [1.29, 1.82) is 0 Å². The van der Waals surface area contributed by atoms with Crippen LogP contribution in [0.3, 0.4) is 0 Å². The zero-order chi connectivity index (χ0) is 12.4. The van der Waals surface area contributed by atoms with E-state index >= 15 is 0 Å². The summed E-state index contributed by atoms with van der Waals surface area (Å²) in [6.07, 6.45) is 2.39. The SMILES string of the molecule is NCc1cccc(CSc2nnnn2C2CC2)c1. The van der Waals surface area contributed by atoms with E-state index in [-0.39, 0.29) is 0 Å². The Morgan fingerprint density at radius 1 is 1.33 bits per heavy atom. The third-order valence-electron chi connectivity index (χ3n) is 2.95. The van der Waals surface area contributed by atoms with Crippen LogP contribution in [-0.2, 0) is 12.3 Å². The second-order valence-electron chi connectivity index (χ2n) is 4.45. The summed E-state index contributed by atoms with van der Waals surface area (Å²) in [7, 11) is 0. The average molecular weight is 261 g/mol. The maximum absolute atomic E-state index is 5.64. The molecule has 0 radical (unpaired) electrons. The van der Waals surface area contributed by atoms with Crippen molar-refractivity contribution in [2.24, 2.45) is 5.73 Å². The Labute approximate surface area is 110 Å². The van der Waals surface area contributed by atoms with E-state index in [1.807, 2.05) is 16.8 Å². The largest absolute Gasteiger partial charge is 0.326 e. The third kappa shape index (κ3) is 2.54. The molecule has 0 amide bonds. The predicted octanol–water partition coefficient (Wildman–Crippen LogP) is 1.76. The van der Waals surface area contributed by atoms with E-state index in [0.717, 1.165) is 16.5 Å². The van der Waals surface area contributed by atoms with Crippen molar-refractivity contribution in [2.75, 3.05) is 0 Å². The van der Waals surface area contributed by atoms with Crippen molar-refractivity contribution in [3.8, 4) is 0 Å². The summed E-state index contributed by atoms with van der Waals surface area (Å²) in [4.78, 5) is 0. The van der Waals surface area contributed by atoms with Crippen LogP contribution in [0, 0.1) is 0 Å². The number of hydrogen-bond donors (Lipinski definition) is 1. The van der Waals surface area contributed by atoms with Gasteiger partial charge < -0.3 is 5.73 Å². The summed E-state index contributed by atoms with van der Waals surface area (Å²) in [5.74, 6) is 0.876. The van der Waals surface area contributed by atoms with E-state index in [4.69, 9.17) is 5.73 Å².